The molecule has 0 aromatic heterocycles. The summed E-state index contributed by atoms with van der Waals surface area (Å²) in [7, 11) is -1.02. The minimum Gasteiger partial charge on any atom is -0.337 e. The van der Waals surface area contributed by atoms with E-state index >= 15 is 0 Å². The summed E-state index contributed by atoms with van der Waals surface area (Å²) >= 11 is 0. The largest absolute Gasteiger partial charge is 0.337 e. The molecule has 0 saturated heterocycles. The van der Waals surface area contributed by atoms with Gasteiger partial charge in [-0.1, -0.05) is 64.6 Å². The number of nitrogens with two attached hydrogens (primary N) is 1. The zero-order chi connectivity index (χ0) is 15.1. The van der Waals surface area contributed by atoms with Crippen LogP contribution in [0.1, 0.15) is 57.8 Å². The SMILES string of the molecule is C[Si](C)(C)NCCCCCCCCCCCNCCN. The fourth-order valence-corrected chi connectivity index (χ4v) is 3.23. The van der Waals surface area contributed by atoms with Crippen LogP contribution in [0.25, 0.3) is 0 Å². The normalized spacial score (nSPS) is 12.0. The summed E-state index contributed by atoms with van der Waals surface area (Å²) in [5, 5.41) is 3.35. The van der Waals surface area contributed by atoms with Crippen molar-refractivity contribution < 1.29 is 0 Å². The fraction of sp³-hybridized carbons (Fsp3) is 1.00. The van der Waals surface area contributed by atoms with Crippen molar-refractivity contribution in [2.45, 2.75) is 77.4 Å². The van der Waals surface area contributed by atoms with Crippen LogP contribution in [0, 0.1) is 0 Å². The molecule has 0 atom stereocenters. The van der Waals surface area contributed by atoms with Gasteiger partial charge in [-0.3, -0.25) is 0 Å². The van der Waals surface area contributed by atoms with Gasteiger partial charge in [0.1, 0.15) is 8.24 Å². The quantitative estimate of drug-likeness (QED) is 0.321. The number of hydrogen-bond donors (Lipinski definition) is 3. The first-order valence-electron chi connectivity index (χ1n) is 8.72. The van der Waals surface area contributed by atoms with Crippen LogP contribution in [0.4, 0.5) is 0 Å². The number of rotatable bonds is 15. The van der Waals surface area contributed by atoms with Crippen LogP contribution in [0.5, 0.6) is 0 Å². The third-order valence-corrected chi connectivity index (χ3v) is 4.82. The molecule has 0 rings (SSSR count). The van der Waals surface area contributed by atoms with E-state index in [0.717, 1.165) is 19.6 Å². The lowest BCUT2D eigenvalue weighted by atomic mass is 10.1. The zero-order valence-corrected chi connectivity index (χ0v) is 15.3. The van der Waals surface area contributed by atoms with Gasteiger partial charge in [-0.15, -0.1) is 0 Å². The lowest BCUT2D eigenvalue weighted by Gasteiger charge is -2.17. The van der Waals surface area contributed by atoms with Gasteiger partial charge in [-0.05, 0) is 25.9 Å². The molecule has 0 bridgehead atoms. The molecule has 0 unspecified atom stereocenters. The minimum absolute atomic E-state index is 0.757. The number of nitrogens with one attached hydrogen (secondary N) is 2. The Kier molecular flexibility index (Phi) is 14.1. The molecule has 0 amide bonds. The highest BCUT2D eigenvalue weighted by atomic mass is 28.3. The Morgan fingerprint density at radius 3 is 1.55 bits per heavy atom. The molecule has 0 spiro atoms. The van der Waals surface area contributed by atoms with Crippen molar-refractivity contribution in [1.82, 2.24) is 10.3 Å². The molecule has 0 fully saturated rings. The van der Waals surface area contributed by atoms with Gasteiger partial charge in [-0.2, -0.15) is 0 Å². The molecule has 20 heavy (non-hydrogen) atoms. The molecule has 0 aromatic carbocycles. The van der Waals surface area contributed by atoms with Crippen molar-refractivity contribution in [3.05, 3.63) is 0 Å². The lowest BCUT2D eigenvalue weighted by Crippen LogP contribution is -2.41. The summed E-state index contributed by atoms with van der Waals surface area (Å²) in [5.41, 5.74) is 5.42. The van der Waals surface area contributed by atoms with E-state index in [-0.39, 0.29) is 0 Å². The van der Waals surface area contributed by atoms with Gasteiger partial charge in [0.15, 0.2) is 0 Å². The summed E-state index contributed by atoms with van der Waals surface area (Å²) in [6, 6.07) is 0. The smallest absolute Gasteiger partial charge is 0.116 e. The van der Waals surface area contributed by atoms with E-state index in [0.29, 0.717) is 0 Å². The monoisotopic (exact) mass is 301 g/mol. The highest BCUT2D eigenvalue weighted by Gasteiger charge is 2.10. The number of unbranched alkanes of at least 4 members (excludes halogenated alkanes) is 8. The fourth-order valence-electron chi connectivity index (χ4n) is 2.30. The Hall–Kier alpha value is 0.0969. The summed E-state index contributed by atoms with van der Waals surface area (Å²) in [4.78, 5) is 3.69. The summed E-state index contributed by atoms with van der Waals surface area (Å²) < 4.78 is 0. The standard InChI is InChI=1S/C16H39N3Si/c1-20(2,3)19-15-12-10-8-6-4-5-7-9-11-14-18-16-13-17/h18-19H,4-17H2,1-3H3. The number of hydrogen-bond acceptors (Lipinski definition) is 3. The Labute approximate surface area is 128 Å². The van der Waals surface area contributed by atoms with E-state index in [9.17, 15) is 0 Å². The van der Waals surface area contributed by atoms with Gasteiger partial charge >= 0.3 is 0 Å². The van der Waals surface area contributed by atoms with Crippen molar-refractivity contribution in [2.24, 2.45) is 5.73 Å². The van der Waals surface area contributed by atoms with Crippen LogP contribution in [0.3, 0.4) is 0 Å². The van der Waals surface area contributed by atoms with Gasteiger partial charge < -0.3 is 16.0 Å². The van der Waals surface area contributed by atoms with Crippen molar-refractivity contribution >= 4 is 8.24 Å². The van der Waals surface area contributed by atoms with E-state index in [4.69, 9.17) is 5.73 Å². The zero-order valence-electron chi connectivity index (χ0n) is 14.3. The average molecular weight is 302 g/mol. The summed E-state index contributed by atoms with van der Waals surface area (Å²) in [6.07, 6.45) is 12.5. The molecule has 0 aliphatic rings. The Bertz CT molecular complexity index is 193. The highest BCUT2D eigenvalue weighted by Crippen LogP contribution is 2.09. The van der Waals surface area contributed by atoms with Gasteiger partial charge in [0.2, 0.25) is 0 Å². The first-order chi connectivity index (χ1) is 9.56. The van der Waals surface area contributed by atoms with Crippen LogP contribution in [0.2, 0.25) is 19.6 Å². The van der Waals surface area contributed by atoms with Crippen molar-refractivity contribution in [3.8, 4) is 0 Å². The summed E-state index contributed by atoms with van der Waals surface area (Å²) in [5.74, 6) is 0. The predicted molar refractivity (Wildman–Crippen MR) is 94.8 cm³/mol. The Morgan fingerprint density at radius 2 is 1.10 bits per heavy atom. The first-order valence-corrected chi connectivity index (χ1v) is 12.2. The second kappa shape index (κ2) is 14.1. The second-order valence-electron chi connectivity index (χ2n) is 6.90. The van der Waals surface area contributed by atoms with Crippen LogP contribution in [0.15, 0.2) is 0 Å². The summed E-state index contributed by atoms with van der Waals surface area (Å²) in [6.45, 7) is 11.2. The molecule has 0 heterocycles. The second-order valence-corrected chi connectivity index (χ2v) is 11.8. The van der Waals surface area contributed by atoms with Crippen LogP contribution < -0.4 is 16.0 Å². The Morgan fingerprint density at radius 1 is 0.650 bits per heavy atom. The predicted octanol–water partition coefficient (Wildman–Crippen LogP) is 3.47. The molecular formula is C16H39N3Si. The van der Waals surface area contributed by atoms with E-state index in [2.05, 4.69) is 29.9 Å². The lowest BCUT2D eigenvalue weighted by molar-refractivity contribution is 0.545. The Balaban J connectivity index is 2.99. The van der Waals surface area contributed by atoms with E-state index < -0.39 is 8.24 Å². The van der Waals surface area contributed by atoms with Crippen molar-refractivity contribution in [1.29, 1.82) is 0 Å². The van der Waals surface area contributed by atoms with E-state index in [1.54, 1.807) is 0 Å². The van der Waals surface area contributed by atoms with E-state index in [1.165, 1.54) is 64.3 Å². The molecular weight excluding hydrogens is 262 g/mol. The minimum atomic E-state index is -1.02. The maximum Gasteiger partial charge on any atom is 0.116 e. The van der Waals surface area contributed by atoms with Crippen molar-refractivity contribution in [2.75, 3.05) is 26.2 Å². The molecule has 4 heteroatoms. The van der Waals surface area contributed by atoms with Crippen LogP contribution in [-0.2, 0) is 0 Å². The van der Waals surface area contributed by atoms with Crippen LogP contribution in [-0.4, -0.2) is 34.4 Å². The van der Waals surface area contributed by atoms with Gasteiger partial charge in [0.05, 0.1) is 0 Å². The average Bonchev–Trinajstić information content (AvgIpc) is 2.38. The molecule has 4 N–H and O–H groups in total. The molecule has 0 saturated carbocycles. The van der Waals surface area contributed by atoms with Crippen molar-refractivity contribution in [3.63, 3.8) is 0 Å². The maximum atomic E-state index is 5.42. The van der Waals surface area contributed by atoms with Gasteiger partial charge in [0, 0.05) is 13.1 Å². The molecule has 3 nitrogen and oxygen atoms in total. The molecule has 0 aliphatic carbocycles. The topological polar surface area (TPSA) is 50.1 Å². The molecule has 122 valence electrons. The molecule has 0 aromatic rings. The third kappa shape index (κ3) is 18.1. The van der Waals surface area contributed by atoms with E-state index in [1.807, 2.05) is 0 Å². The van der Waals surface area contributed by atoms with Gasteiger partial charge in [-0.25, -0.2) is 0 Å². The maximum absolute atomic E-state index is 5.42. The highest BCUT2D eigenvalue weighted by molar-refractivity contribution is 6.73. The molecule has 0 radical (unpaired) electrons. The molecule has 0 aliphatic heterocycles. The first kappa shape index (κ1) is 20.1. The van der Waals surface area contributed by atoms with Gasteiger partial charge in [0.25, 0.3) is 0 Å². The van der Waals surface area contributed by atoms with Crippen LogP contribution >= 0.6 is 0 Å². The third-order valence-electron chi connectivity index (χ3n) is 3.51.